The number of hydrogen-bond donors (Lipinski definition) is 2. The van der Waals surface area contributed by atoms with Crippen LogP contribution >= 0.6 is 0 Å². The van der Waals surface area contributed by atoms with Crippen molar-refractivity contribution in [2.45, 2.75) is 6.42 Å². The molecule has 0 saturated heterocycles. The van der Waals surface area contributed by atoms with Crippen molar-refractivity contribution < 1.29 is 4.92 Å². The largest absolute Gasteiger partial charge is 0.396 e. The van der Waals surface area contributed by atoms with Crippen molar-refractivity contribution >= 4 is 17.1 Å². The van der Waals surface area contributed by atoms with Gasteiger partial charge < -0.3 is 11.1 Å². The number of nitrogens with two attached hydrogens (primary N) is 1. The van der Waals surface area contributed by atoms with E-state index in [2.05, 4.69) is 10.3 Å². The molecule has 0 fully saturated rings. The second-order valence-corrected chi connectivity index (χ2v) is 4.06. The fraction of sp³-hybridized carbons (Fsp3) is 0.154. The second-order valence-electron chi connectivity index (χ2n) is 4.06. The Hall–Kier alpha value is -2.63. The van der Waals surface area contributed by atoms with Gasteiger partial charge in [-0.15, -0.1) is 0 Å². The van der Waals surface area contributed by atoms with E-state index in [1.165, 1.54) is 12.1 Å². The Bertz CT molecular complexity index is 569. The van der Waals surface area contributed by atoms with Crippen LogP contribution in [0.25, 0.3) is 0 Å². The summed E-state index contributed by atoms with van der Waals surface area (Å²) in [4.78, 5) is 14.0. The van der Waals surface area contributed by atoms with E-state index in [0.29, 0.717) is 12.2 Å². The van der Waals surface area contributed by atoms with Crippen LogP contribution in [0.15, 0.2) is 42.7 Å². The highest BCUT2D eigenvalue weighted by atomic mass is 16.6. The predicted molar refractivity (Wildman–Crippen MR) is 73.9 cm³/mol. The minimum atomic E-state index is -0.403. The van der Waals surface area contributed by atoms with E-state index in [4.69, 9.17) is 5.73 Å². The normalized spacial score (nSPS) is 10.1. The number of benzene rings is 1. The number of hydrogen-bond acceptors (Lipinski definition) is 5. The van der Waals surface area contributed by atoms with Gasteiger partial charge >= 0.3 is 0 Å². The minimum absolute atomic E-state index is 0.107. The highest BCUT2D eigenvalue weighted by molar-refractivity contribution is 5.64. The van der Waals surface area contributed by atoms with Crippen LogP contribution in [0.3, 0.4) is 0 Å². The molecule has 0 unspecified atom stereocenters. The molecule has 0 aliphatic rings. The summed E-state index contributed by atoms with van der Waals surface area (Å²) in [6.07, 6.45) is 4.03. The Morgan fingerprint density at radius 3 is 2.63 bits per heavy atom. The molecule has 19 heavy (non-hydrogen) atoms. The van der Waals surface area contributed by atoms with Gasteiger partial charge in [0.15, 0.2) is 0 Å². The SMILES string of the molecule is Nc1cnccc1NCCc1ccc([N+](=O)[O-])cc1. The van der Waals surface area contributed by atoms with Crippen LogP contribution in [-0.2, 0) is 6.42 Å². The highest BCUT2D eigenvalue weighted by Crippen LogP contribution is 2.16. The van der Waals surface area contributed by atoms with E-state index >= 15 is 0 Å². The van der Waals surface area contributed by atoms with Crippen LogP contribution in [0.1, 0.15) is 5.56 Å². The molecular weight excluding hydrogens is 244 g/mol. The maximum atomic E-state index is 10.5. The Balaban J connectivity index is 1.89. The summed E-state index contributed by atoms with van der Waals surface area (Å²) in [5.41, 5.74) is 8.34. The molecule has 0 bridgehead atoms. The van der Waals surface area contributed by atoms with Crippen molar-refractivity contribution in [2.75, 3.05) is 17.6 Å². The van der Waals surface area contributed by atoms with Crippen molar-refractivity contribution in [1.82, 2.24) is 4.98 Å². The van der Waals surface area contributed by atoms with Crippen molar-refractivity contribution in [1.29, 1.82) is 0 Å². The predicted octanol–water partition coefficient (Wildman–Crippen LogP) is 2.23. The summed E-state index contributed by atoms with van der Waals surface area (Å²) in [6, 6.07) is 8.35. The number of nitrogens with one attached hydrogen (secondary N) is 1. The minimum Gasteiger partial charge on any atom is -0.396 e. The van der Waals surface area contributed by atoms with Gasteiger partial charge in [-0.3, -0.25) is 15.1 Å². The summed E-state index contributed by atoms with van der Waals surface area (Å²) >= 11 is 0. The highest BCUT2D eigenvalue weighted by Gasteiger charge is 2.03. The number of pyridine rings is 1. The van der Waals surface area contributed by atoms with Crippen LogP contribution < -0.4 is 11.1 Å². The molecule has 6 nitrogen and oxygen atoms in total. The summed E-state index contributed by atoms with van der Waals surface area (Å²) in [5, 5.41) is 13.7. The number of nitrogen functional groups attached to an aromatic ring is 1. The number of aromatic nitrogens is 1. The Morgan fingerprint density at radius 1 is 1.26 bits per heavy atom. The smallest absolute Gasteiger partial charge is 0.269 e. The lowest BCUT2D eigenvalue weighted by Gasteiger charge is -2.08. The number of nitro benzene ring substituents is 1. The summed E-state index contributed by atoms with van der Waals surface area (Å²) in [7, 11) is 0. The van der Waals surface area contributed by atoms with Crippen LogP contribution in [0, 0.1) is 10.1 Å². The standard InChI is InChI=1S/C13H14N4O2/c14-12-9-15-7-6-13(12)16-8-5-10-1-3-11(4-2-10)17(18)19/h1-4,6-7,9H,5,8,14H2,(H,15,16). The van der Waals surface area contributed by atoms with Gasteiger partial charge in [0.2, 0.25) is 0 Å². The van der Waals surface area contributed by atoms with Gasteiger partial charge in [0, 0.05) is 24.9 Å². The molecule has 3 N–H and O–H groups in total. The molecule has 6 heteroatoms. The monoisotopic (exact) mass is 258 g/mol. The molecular formula is C13H14N4O2. The van der Waals surface area contributed by atoms with Crippen molar-refractivity contribution in [3.63, 3.8) is 0 Å². The molecule has 0 aliphatic heterocycles. The first kappa shape index (κ1) is 12.8. The summed E-state index contributed by atoms with van der Waals surface area (Å²) in [5.74, 6) is 0. The third-order valence-corrected chi connectivity index (χ3v) is 2.73. The summed E-state index contributed by atoms with van der Waals surface area (Å²) < 4.78 is 0. The topological polar surface area (TPSA) is 94.1 Å². The first-order valence-corrected chi connectivity index (χ1v) is 5.83. The molecule has 1 aromatic heterocycles. The lowest BCUT2D eigenvalue weighted by atomic mass is 10.1. The van der Waals surface area contributed by atoms with Crippen LogP contribution in [0.2, 0.25) is 0 Å². The van der Waals surface area contributed by atoms with E-state index in [-0.39, 0.29) is 5.69 Å². The fourth-order valence-corrected chi connectivity index (χ4v) is 1.69. The van der Waals surface area contributed by atoms with Crippen molar-refractivity contribution in [2.24, 2.45) is 0 Å². The number of nitrogens with zero attached hydrogens (tertiary/aromatic N) is 2. The van der Waals surface area contributed by atoms with Gasteiger partial charge in [-0.2, -0.15) is 0 Å². The quantitative estimate of drug-likeness (QED) is 0.633. The van der Waals surface area contributed by atoms with Gasteiger partial charge in [-0.05, 0) is 18.1 Å². The van der Waals surface area contributed by atoms with Gasteiger partial charge in [-0.1, -0.05) is 12.1 Å². The Kier molecular flexibility index (Phi) is 3.92. The van der Waals surface area contributed by atoms with E-state index < -0.39 is 4.92 Å². The van der Waals surface area contributed by atoms with E-state index in [1.54, 1.807) is 24.5 Å². The van der Waals surface area contributed by atoms with Gasteiger partial charge in [-0.25, -0.2) is 0 Å². The fourth-order valence-electron chi connectivity index (χ4n) is 1.69. The molecule has 0 radical (unpaired) electrons. The third kappa shape index (κ3) is 3.41. The Labute approximate surface area is 110 Å². The molecule has 98 valence electrons. The third-order valence-electron chi connectivity index (χ3n) is 2.73. The van der Waals surface area contributed by atoms with Gasteiger partial charge in [0.05, 0.1) is 22.5 Å². The molecule has 0 amide bonds. The molecule has 2 aromatic rings. The first-order valence-electron chi connectivity index (χ1n) is 5.83. The molecule has 0 atom stereocenters. The van der Waals surface area contributed by atoms with Crippen LogP contribution in [-0.4, -0.2) is 16.5 Å². The van der Waals surface area contributed by atoms with Crippen LogP contribution in [0.4, 0.5) is 17.1 Å². The maximum Gasteiger partial charge on any atom is 0.269 e. The molecule has 0 saturated carbocycles. The van der Waals surface area contributed by atoms with Gasteiger partial charge in [0.1, 0.15) is 0 Å². The zero-order valence-corrected chi connectivity index (χ0v) is 10.2. The van der Waals surface area contributed by atoms with Crippen molar-refractivity contribution in [3.8, 4) is 0 Å². The molecule has 1 heterocycles. The van der Waals surface area contributed by atoms with E-state index in [0.717, 1.165) is 17.7 Å². The maximum absolute atomic E-state index is 10.5. The number of anilines is 2. The molecule has 2 rings (SSSR count). The molecule has 0 spiro atoms. The first-order chi connectivity index (χ1) is 9.16. The number of nitro groups is 1. The van der Waals surface area contributed by atoms with Crippen molar-refractivity contribution in [3.05, 3.63) is 58.4 Å². The molecule has 1 aromatic carbocycles. The summed E-state index contributed by atoms with van der Waals surface area (Å²) in [6.45, 7) is 0.700. The lowest BCUT2D eigenvalue weighted by molar-refractivity contribution is -0.384. The number of non-ortho nitro benzene ring substituents is 1. The second kappa shape index (κ2) is 5.81. The zero-order chi connectivity index (χ0) is 13.7. The average molecular weight is 258 g/mol. The zero-order valence-electron chi connectivity index (χ0n) is 10.2. The van der Waals surface area contributed by atoms with Crippen LogP contribution in [0.5, 0.6) is 0 Å². The number of rotatable bonds is 5. The Morgan fingerprint density at radius 2 is 2.00 bits per heavy atom. The van der Waals surface area contributed by atoms with E-state index in [9.17, 15) is 10.1 Å². The molecule has 0 aliphatic carbocycles. The van der Waals surface area contributed by atoms with E-state index in [1.807, 2.05) is 6.07 Å². The average Bonchev–Trinajstić information content (AvgIpc) is 2.41. The van der Waals surface area contributed by atoms with Gasteiger partial charge in [0.25, 0.3) is 5.69 Å². The lowest BCUT2D eigenvalue weighted by Crippen LogP contribution is -2.07.